The number of ether oxygens (including phenoxy) is 1. The number of amides is 1. The molecule has 1 heterocycles. The molecule has 3 aromatic rings. The average Bonchev–Trinajstić information content (AvgIpc) is 2.65. The summed E-state index contributed by atoms with van der Waals surface area (Å²) < 4.78 is 6.97. The molecule has 0 saturated carbocycles. The number of halogens is 1. The van der Waals surface area contributed by atoms with Crippen LogP contribution in [0.15, 0.2) is 60.7 Å². The van der Waals surface area contributed by atoms with Crippen LogP contribution in [-0.2, 0) is 6.42 Å². The van der Waals surface area contributed by atoms with Crippen LogP contribution < -0.4 is 10.1 Å². The van der Waals surface area contributed by atoms with E-state index in [0.717, 1.165) is 39.3 Å². The molecule has 0 saturated heterocycles. The predicted octanol–water partition coefficient (Wildman–Crippen LogP) is 5.99. The number of aromatic nitrogens is 1. The van der Waals surface area contributed by atoms with Gasteiger partial charge in [0.25, 0.3) is 5.91 Å². The van der Waals surface area contributed by atoms with Gasteiger partial charge in [0.2, 0.25) is 0 Å². The Bertz CT molecular complexity index is 922. The third-order valence-corrected chi connectivity index (χ3v) is 4.77. The van der Waals surface area contributed by atoms with Crippen LogP contribution in [0.2, 0.25) is 0 Å². The number of pyridine rings is 1. The molecule has 1 amide bonds. The number of nitrogens with zero attached hydrogens (tertiary/aromatic N) is 1. The van der Waals surface area contributed by atoms with Crippen molar-refractivity contribution >= 4 is 34.2 Å². The van der Waals surface area contributed by atoms with Crippen molar-refractivity contribution in [1.29, 1.82) is 0 Å². The number of carbonyl (C=O) groups excluding carboxylic acids is 1. The van der Waals surface area contributed by atoms with E-state index in [1.807, 2.05) is 67.6 Å². The smallest absolute Gasteiger partial charge is 0.257 e. The predicted molar refractivity (Wildman–Crippen MR) is 117 cm³/mol. The fourth-order valence-electron chi connectivity index (χ4n) is 2.69. The summed E-state index contributed by atoms with van der Waals surface area (Å²) in [5.41, 5.74) is 3.07. The lowest BCUT2D eigenvalue weighted by Crippen LogP contribution is -2.14. The standard InChI is InChI=1S/C22H21IN2O2/c1-3-4-17-9-14-21(15(2)24-17)22(26)25-18-7-12-20(13-8-18)27-19-10-5-16(23)6-11-19/h5-14H,3-4H2,1-2H3,(H,25,26). The van der Waals surface area contributed by atoms with E-state index in [9.17, 15) is 4.79 Å². The van der Waals surface area contributed by atoms with Crippen molar-refractivity contribution in [3.8, 4) is 11.5 Å². The summed E-state index contributed by atoms with van der Waals surface area (Å²) in [5, 5.41) is 2.91. The van der Waals surface area contributed by atoms with Crippen molar-refractivity contribution in [2.45, 2.75) is 26.7 Å². The number of hydrogen-bond donors (Lipinski definition) is 1. The molecule has 138 valence electrons. The zero-order valence-electron chi connectivity index (χ0n) is 15.3. The summed E-state index contributed by atoms with van der Waals surface area (Å²) >= 11 is 2.26. The lowest BCUT2D eigenvalue weighted by molar-refractivity contribution is 0.102. The summed E-state index contributed by atoms with van der Waals surface area (Å²) in [5.74, 6) is 1.34. The Kier molecular flexibility index (Phi) is 6.45. The average molecular weight is 472 g/mol. The van der Waals surface area contributed by atoms with Crippen LogP contribution in [0, 0.1) is 10.5 Å². The van der Waals surface area contributed by atoms with Gasteiger partial charge in [-0.15, -0.1) is 0 Å². The van der Waals surface area contributed by atoms with Gasteiger partial charge in [0.1, 0.15) is 11.5 Å². The minimum atomic E-state index is -0.158. The molecule has 4 nitrogen and oxygen atoms in total. The molecule has 0 aliphatic heterocycles. The summed E-state index contributed by atoms with van der Waals surface area (Å²) in [6.07, 6.45) is 1.96. The Hall–Kier alpha value is -2.41. The second-order valence-electron chi connectivity index (χ2n) is 6.22. The highest BCUT2D eigenvalue weighted by Crippen LogP contribution is 2.24. The highest BCUT2D eigenvalue weighted by Gasteiger charge is 2.11. The van der Waals surface area contributed by atoms with Gasteiger partial charge in [-0.2, -0.15) is 0 Å². The molecular weight excluding hydrogens is 451 g/mol. The number of carbonyl (C=O) groups is 1. The van der Waals surface area contributed by atoms with Crippen molar-refractivity contribution in [1.82, 2.24) is 4.98 Å². The lowest BCUT2D eigenvalue weighted by Gasteiger charge is -2.10. The molecule has 0 unspecified atom stereocenters. The summed E-state index contributed by atoms with van der Waals surface area (Å²) in [4.78, 5) is 17.0. The van der Waals surface area contributed by atoms with Gasteiger partial charge < -0.3 is 10.1 Å². The van der Waals surface area contributed by atoms with Gasteiger partial charge in [0.05, 0.1) is 11.3 Å². The normalized spacial score (nSPS) is 10.5. The second kappa shape index (κ2) is 8.99. The van der Waals surface area contributed by atoms with E-state index in [4.69, 9.17) is 4.74 Å². The first kappa shape index (κ1) is 19.4. The third kappa shape index (κ3) is 5.29. The number of anilines is 1. The first-order valence-corrected chi connectivity index (χ1v) is 9.94. The molecule has 0 atom stereocenters. The van der Waals surface area contributed by atoms with Crippen LogP contribution in [0.3, 0.4) is 0 Å². The first-order chi connectivity index (χ1) is 13.0. The minimum Gasteiger partial charge on any atom is -0.457 e. The van der Waals surface area contributed by atoms with Crippen molar-refractivity contribution in [2.75, 3.05) is 5.32 Å². The molecule has 0 aliphatic carbocycles. The second-order valence-corrected chi connectivity index (χ2v) is 7.47. The van der Waals surface area contributed by atoms with E-state index in [-0.39, 0.29) is 5.91 Å². The highest BCUT2D eigenvalue weighted by atomic mass is 127. The van der Waals surface area contributed by atoms with Gasteiger partial charge >= 0.3 is 0 Å². The van der Waals surface area contributed by atoms with E-state index < -0.39 is 0 Å². The molecule has 1 N–H and O–H groups in total. The Labute approximate surface area is 173 Å². The number of nitrogens with one attached hydrogen (secondary N) is 1. The summed E-state index contributed by atoms with van der Waals surface area (Å²) in [7, 11) is 0. The van der Waals surface area contributed by atoms with E-state index in [2.05, 4.69) is 39.8 Å². The lowest BCUT2D eigenvalue weighted by atomic mass is 10.1. The highest BCUT2D eigenvalue weighted by molar-refractivity contribution is 14.1. The quantitative estimate of drug-likeness (QED) is 0.449. The van der Waals surface area contributed by atoms with E-state index >= 15 is 0 Å². The van der Waals surface area contributed by atoms with Gasteiger partial charge in [-0.3, -0.25) is 9.78 Å². The van der Waals surface area contributed by atoms with Crippen LogP contribution in [-0.4, -0.2) is 10.9 Å². The first-order valence-electron chi connectivity index (χ1n) is 8.86. The topological polar surface area (TPSA) is 51.2 Å². The van der Waals surface area contributed by atoms with Crippen LogP contribution in [0.5, 0.6) is 11.5 Å². The molecule has 0 bridgehead atoms. The van der Waals surface area contributed by atoms with Gasteiger partial charge in [0.15, 0.2) is 0 Å². The molecule has 0 fully saturated rings. The zero-order chi connectivity index (χ0) is 19.2. The largest absolute Gasteiger partial charge is 0.457 e. The maximum Gasteiger partial charge on any atom is 0.257 e. The van der Waals surface area contributed by atoms with Gasteiger partial charge in [-0.05, 0) is 96.6 Å². The molecular formula is C22H21IN2O2. The van der Waals surface area contributed by atoms with Crippen LogP contribution >= 0.6 is 22.6 Å². The fraction of sp³-hybridized carbons (Fsp3) is 0.182. The third-order valence-electron chi connectivity index (χ3n) is 4.06. The number of aryl methyl sites for hydroxylation is 2. The minimum absolute atomic E-state index is 0.158. The Balaban J connectivity index is 1.65. The fourth-order valence-corrected chi connectivity index (χ4v) is 3.05. The van der Waals surface area contributed by atoms with E-state index in [1.165, 1.54) is 0 Å². The Morgan fingerprint density at radius 1 is 1.00 bits per heavy atom. The molecule has 0 radical (unpaired) electrons. The van der Waals surface area contributed by atoms with Gasteiger partial charge in [-0.1, -0.05) is 13.3 Å². The number of rotatable bonds is 6. The Morgan fingerprint density at radius 3 is 2.22 bits per heavy atom. The molecule has 3 rings (SSSR count). The summed E-state index contributed by atoms with van der Waals surface area (Å²) in [6.45, 7) is 3.98. The van der Waals surface area contributed by atoms with Crippen LogP contribution in [0.25, 0.3) is 0 Å². The molecule has 0 spiro atoms. The van der Waals surface area contributed by atoms with Crippen molar-refractivity contribution < 1.29 is 9.53 Å². The van der Waals surface area contributed by atoms with Crippen molar-refractivity contribution in [2.24, 2.45) is 0 Å². The molecule has 1 aromatic heterocycles. The maximum atomic E-state index is 12.5. The molecule has 27 heavy (non-hydrogen) atoms. The molecule has 5 heteroatoms. The Morgan fingerprint density at radius 2 is 1.63 bits per heavy atom. The van der Waals surface area contributed by atoms with Crippen molar-refractivity contribution in [3.63, 3.8) is 0 Å². The van der Waals surface area contributed by atoms with Crippen LogP contribution in [0.1, 0.15) is 35.1 Å². The van der Waals surface area contributed by atoms with E-state index in [0.29, 0.717) is 11.3 Å². The molecule has 0 aliphatic rings. The van der Waals surface area contributed by atoms with Gasteiger partial charge in [0, 0.05) is 15.0 Å². The monoisotopic (exact) mass is 472 g/mol. The SMILES string of the molecule is CCCc1ccc(C(=O)Nc2ccc(Oc3ccc(I)cc3)cc2)c(C)n1. The summed E-state index contributed by atoms with van der Waals surface area (Å²) in [6, 6.07) is 18.9. The van der Waals surface area contributed by atoms with Crippen LogP contribution in [0.4, 0.5) is 5.69 Å². The zero-order valence-corrected chi connectivity index (χ0v) is 17.5. The molecule has 2 aromatic carbocycles. The van der Waals surface area contributed by atoms with Crippen molar-refractivity contribution in [3.05, 3.63) is 81.2 Å². The van der Waals surface area contributed by atoms with Gasteiger partial charge in [-0.25, -0.2) is 0 Å². The number of hydrogen-bond acceptors (Lipinski definition) is 3. The van der Waals surface area contributed by atoms with E-state index in [1.54, 1.807) is 0 Å². The number of benzene rings is 2. The maximum absolute atomic E-state index is 12.5.